The number of nitrogens with zero attached hydrogens (tertiary/aromatic N) is 1. The zero-order valence-electron chi connectivity index (χ0n) is 10.9. The lowest BCUT2D eigenvalue weighted by Crippen LogP contribution is -2.10. The smallest absolute Gasteiger partial charge is 0.357 e. The molecule has 0 atom stereocenters. The van der Waals surface area contributed by atoms with Gasteiger partial charge in [-0.2, -0.15) is 0 Å². The maximum Gasteiger partial charge on any atom is 0.357 e. The van der Waals surface area contributed by atoms with Gasteiger partial charge in [0.05, 0.1) is 6.10 Å². The summed E-state index contributed by atoms with van der Waals surface area (Å²) in [6, 6.07) is 7.36. The molecule has 1 aliphatic carbocycles. The predicted molar refractivity (Wildman–Crippen MR) is 71.8 cm³/mol. The van der Waals surface area contributed by atoms with Crippen molar-refractivity contribution in [1.29, 1.82) is 0 Å². The van der Waals surface area contributed by atoms with Crippen molar-refractivity contribution in [2.75, 3.05) is 0 Å². The fraction of sp³-hybridized carbons (Fsp3) is 0.333. The van der Waals surface area contributed by atoms with E-state index in [2.05, 4.69) is 4.98 Å². The van der Waals surface area contributed by atoms with Gasteiger partial charge in [0.1, 0.15) is 12.0 Å². The Balaban J connectivity index is 1.72. The van der Waals surface area contributed by atoms with Gasteiger partial charge in [0, 0.05) is 5.56 Å². The van der Waals surface area contributed by atoms with Gasteiger partial charge < -0.3 is 14.3 Å². The molecule has 1 fully saturated rings. The van der Waals surface area contributed by atoms with Crippen LogP contribution in [0.4, 0.5) is 0 Å². The summed E-state index contributed by atoms with van der Waals surface area (Å²) in [6.45, 7) is 0. The molecule has 0 aliphatic heterocycles. The van der Waals surface area contributed by atoms with Crippen molar-refractivity contribution in [2.24, 2.45) is 0 Å². The number of carboxylic acids is 1. The number of rotatable bonds is 4. The van der Waals surface area contributed by atoms with Gasteiger partial charge in [0.25, 0.3) is 0 Å². The Bertz CT molecular complexity index is 597. The van der Waals surface area contributed by atoms with Crippen molar-refractivity contribution < 1.29 is 19.1 Å². The van der Waals surface area contributed by atoms with Gasteiger partial charge in [0.15, 0.2) is 5.69 Å². The van der Waals surface area contributed by atoms with Crippen LogP contribution >= 0.6 is 0 Å². The Morgan fingerprint density at radius 1 is 1.25 bits per heavy atom. The SMILES string of the molecule is O=C(O)c1coc(-c2ccc(OC3CCCC3)cc2)n1. The standard InChI is InChI=1S/C15H15NO4/c17-15(18)13-9-19-14(16-13)10-5-7-12(8-6-10)20-11-3-1-2-4-11/h5-9,11H,1-4H2,(H,17,18). The largest absolute Gasteiger partial charge is 0.490 e. The number of benzene rings is 1. The highest BCUT2D eigenvalue weighted by Crippen LogP contribution is 2.26. The van der Waals surface area contributed by atoms with Gasteiger partial charge in [-0.25, -0.2) is 9.78 Å². The molecule has 5 heteroatoms. The van der Waals surface area contributed by atoms with Crippen molar-refractivity contribution in [2.45, 2.75) is 31.8 Å². The van der Waals surface area contributed by atoms with E-state index in [9.17, 15) is 4.79 Å². The van der Waals surface area contributed by atoms with Crippen LogP contribution in [0, 0.1) is 0 Å². The number of hydrogen-bond donors (Lipinski definition) is 1. The van der Waals surface area contributed by atoms with Gasteiger partial charge in [-0.1, -0.05) is 0 Å². The number of hydrogen-bond acceptors (Lipinski definition) is 4. The maximum atomic E-state index is 10.8. The summed E-state index contributed by atoms with van der Waals surface area (Å²) in [6.07, 6.45) is 6.16. The fourth-order valence-electron chi connectivity index (χ4n) is 2.38. The van der Waals surface area contributed by atoms with Crippen LogP contribution in [0.3, 0.4) is 0 Å². The minimum atomic E-state index is -1.10. The molecule has 1 aromatic heterocycles. The highest BCUT2D eigenvalue weighted by atomic mass is 16.5. The molecule has 1 aliphatic rings. The van der Waals surface area contributed by atoms with Crippen LogP contribution in [0.15, 0.2) is 34.9 Å². The van der Waals surface area contributed by atoms with Crippen LogP contribution in [0.5, 0.6) is 5.75 Å². The van der Waals surface area contributed by atoms with Crippen LogP contribution in [0.25, 0.3) is 11.5 Å². The Kier molecular flexibility index (Phi) is 3.41. The third-order valence-electron chi connectivity index (χ3n) is 3.43. The van der Waals surface area contributed by atoms with E-state index < -0.39 is 5.97 Å². The fourth-order valence-corrected chi connectivity index (χ4v) is 2.38. The van der Waals surface area contributed by atoms with Crippen LogP contribution in [0.2, 0.25) is 0 Å². The normalized spacial score (nSPS) is 15.4. The molecule has 5 nitrogen and oxygen atoms in total. The second-order valence-electron chi connectivity index (χ2n) is 4.89. The van der Waals surface area contributed by atoms with Crippen molar-refractivity contribution >= 4 is 5.97 Å². The average Bonchev–Trinajstić information content (AvgIpc) is 3.10. The van der Waals surface area contributed by atoms with Gasteiger partial charge in [-0.3, -0.25) is 0 Å². The second-order valence-corrected chi connectivity index (χ2v) is 4.89. The van der Waals surface area contributed by atoms with E-state index in [4.69, 9.17) is 14.3 Å². The molecule has 0 radical (unpaired) electrons. The zero-order chi connectivity index (χ0) is 13.9. The molecular formula is C15H15NO4. The topological polar surface area (TPSA) is 72.6 Å². The first-order valence-corrected chi connectivity index (χ1v) is 6.68. The minimum absolute atomic E-state index is 0.0914. The number of aromatic carboxylic acids is 1. The summed E-state index contributed by atoms with van der Waals surface area (Å²) in [5.74, 6) is 0.0293. The molecule has 2 aromatic rings. The first-order chi connectivity index (χ1) is 9.72. The van der Waals surface area contributed by atoms with E-state index in [1.807, 2.05) is 24.3 Å². The van der Waals surface area contributed by atoms with Crippen LogP contribution in [0.1, 0.15) is 36.2 Å². The Morgan fingerprint density at radius 3 is 2.55 bits per heavy atom. The molecule has 0 amide bonds. The molecule has 1 heterocycles. The first kappa shape index (κ1) is 12.7. The van der Waals surface area contributed by atoms with Crippen molar-refractivity contribution in [3.05, 3.63) is 36.2 Å². The molecule has 0 unspecified atom stereocenters. The number of aromatic nitrogens is 1. The quantitative estimate of drug-likeness (QED) is 0.924. The van der Waals surface area contributed by atoms with Crippen LogP contribution < -0.4 is 4.74 Å². The maximum absolute atomic E-state index is 10.8. The Labute approximate surface area is 116 Å². The lowest BCUT2D eigenvalue weighted by molar-refractivity contribution is 0.0690. The summed E-state index contributed by atoms with van der Waals surface area (Å²) in [4.78, 5) is 14.7. The number of oxazole rings is 1. The first-order valence-electron chi connectivity index (χ1n) is 6.68. The number of ether oxygens (including phenoxy) is 1. The lowest BCUT2D eigenvalue weighted by atomic mass is 10.2. The van der Waals surface area contributed by atoms with Gasteiger partial charge in [-0.15, -0.1) is 0 Å². The second kappa shape index (κ2) is 5.36. The summed E-state index contributed by atoms with van der Waals surface area (Å²) >= 11 is 0. The predicted octanol–water partition coefficient (Wildman–Crippen LogP) is 3.36. The van der Waals surface area contributed by atoms with Gasteiger partial charge in [-0.05, 0) is 49.9 Å². The summed E-state index contributed by atoms with van der Waals surface area (Å²) in [7, 11) is 0. The van der Waals surface area contributed by atoms with Crippen molar-refractivity contribution in [3.63, 3.8) is 0 Å². The monoisotopic (exact) mass is 273 g/mol. The minimum Gasteiger partial charge on any atom is -0.490 e. The molecule has 0 bridgehead atoms. The third kappa shape index (κ3) is 2.66. The van der Waals surface area contributed by atoms with E-state index in [0.29, 0.717) is 12.0 Å². The highest BCUT2D eigenvalue weighted by Gasteiger charge is 2.17. The third-order valence-corrected chi connectivity index (χ3v) is 3.43. The lowest BCUT2D eigenvalue weighted by Gasteiger charge is -2.12. The molecule has 1 N–H and O–H groups in total. The average molecular weight is 273 g/mol. The number of carboxylic acid groups (broad SMARTS) is 1. The van der Waals surface area contributed by atoms with E-state index >= 15 is 0 Å². The van der Waals surface area contributed by atoms with Crippen molar-refractivity contribution in [3.8, 4) is 17.2 Å². The highest BCUT2D eigenvalue weighted by molar-refractivity contribution is 5.85. The molecule has 1 saturated carbocycles. The molecule has 104 valence electrons. The van der Waals surface area contributed by atoms with Crippen LogP contribution in [-0.4, -0.2) is 22.2 Å². The summed E-state index contributed by atoms with van der Waals surface area (Å²) in [5.41, 5.74) is 0.641. The van der Waals surface area contributed by atoms with E-state index in [-0.39, 0.29) is 5.69 Å². The van der Waals surface area contributed by atoms with Gasteiger partial charge in [0.2, 0.25) is 5.89 Å². The number of carbonyl (C=O) groups is 1. The van der Waals surface area contributed by atoms with Gasteiger partial charge >= 0.3 is 5.97 Å². The molecular weight excluding hydrogens is 258 g/mol. The van der Waals surface area contributed by atoms with E-state index in [1.54, 1.807) is 0 Å². The molecule has 20 heavy (non-hydrogen) atoms. The van der Waals surface area contributed by atoms with Crippen molar-refractivity contribution in [1.82, 2.24) is 4.98 Å². The molecule has 3 rings (SSSR count). The summed E-state index contributed by atoms with van der Waals surface area (Å²) in [5, 5.41) is 8.81. The van der Waals surface area contributed by atoms with E-state index in [0.717, 1.165) is 30.4 Å². The molecule has 1 aromatic carbocycles. The molecule has 0 saturated heterocycles. The molecule has 0 spiro atoms. The Morgan fingerprint density at radius 2 is 1.95 bits per heavy atom. The van der Waals surface area contributed by atoms with E-state index in [1.165, 1.54) is 12.8 Å². The zero-order valence-corrected chi connectivity index (χ0v) is 10.9. The Hall–Kier alpha value is -2.30. The van der Waals surface area contributed by atoms with Crippen LogP contribution in [-0.2, 0) is 0 Å². The summed E-state index contributed by atoms with van der Waals surface area (Å²) < 4.78 is 11.0.